The number of hydrogen-bond acceptors (Lipinski definition) is 1. The molecule has 1 aliphatic carbocycles. The SMILES string of the molecule is CC.CC1CCC(N(CC(F)F)S(C)=O)C1. The molecule has 5 heteroatoms. The summed E-state index contributed by atoms with van der Waals surface area (Å²) >= 11 is 0. The third kappa shape index (κ3) is 5.34. The summed E-state index contributed by atoms with van der Waals surface area (Å²) in [6.07, 6.45) is 1.93. The summed E-state index contributed by atoms with van der Waals surface area (Å²) < 4.78 is 37.2. The van der Waals surface area contributed by atoms with E-state index >= 15 is 0 Å². The van der Waals surface area contributed by atoms with Crippen LogP contribution < -0.4 is 0 Å². The van der Waals surface area contributed by atoms with Crippen LogP contribution in [0, 0.1) is 5.92 Å². The molecule has 0 amide bonds. The van der Waals surface area contributed by atoms with Crippen molar-refractivity contribution < 1.29 is 13.0 Å². The molecule has 3 unspecified atom stereocenters. The molecule has 0 aromatic heterocycles. The molecule has 2 nitrogen and oxygen atoms in total. The van der Waals surface area contributed by atoms with Crippen LogP contribution in [-0.4, -0.2) is 33.8 Å². The first-order valence-corrected chi connectivity index (χ1v) is 7.40. The zero-order chi connectivity index (χ0) is 12.7. The van der Waals surface area contributed by atoms with Crippen molar-refractivity contribution in [3.8, 4) is 0 Å². The van der Waals surface area contributed by atoms with Crippen molar-refractivity contribution in [2.75, 3.05) is 12.8 Å². The number of hydrogen-bond donors (Lipinski definition) is 0. The van der Waals surface area contributed by atoms with Crippen LogP contribution in [0.2, 0.25) is 0 Å². The van der Waals surface area contributed by atoms with Gasteiger partial charge in [0.05, 0.1) is 17.5 Å². The highest BCUT2D eigenvalue weighted by molar-refractivity contribution is 7.81. The Morgan fingerprint density at radius 1 is 1.38 bits per heavy atom. The monoisotopic (exact) mass is 255 g/mol. The van der Waals surface area contributed by atoms with E-state index in [-0.39, 0.29) is 12.6 Å². The van der Waals surface area contributed by atoms with E-state index in [9.17, 15) is 13.0 Å². The van der Waals surface area contributed by atoms with E-state index < -0.39 is 17.4 Å². The Labute approximate surface area is 100.0 Å². The van der Waals surface area contributed by atoms with Gasteiger partial charge in [-0.2, -0.15) is 0 Å². The Morgan fingerprint density at radius 3 is 2.25 bits per heavy atom. The normalized spacial score (nSPS) is 26.8. The van der Waals surface area contributed by atoms with Crippen LogP contribution in [0.15, 0.2) is 0 Å². The second-order valence-corrected chi connectivity index (χ2v) is 5.30. The summed E-state index contributed by atoms with van der Waals surface area (Å²) in [5.41, 5.74) is 0. The molecule has 0 aromatic carbocycles. The molecule has 0 bridgehead atoms. The van der Waals surface area contributed by atoms with Gasteiger partial charge in [-0.15, -0.1) is 0 Å². The lowest BCUT2D eigenvalue weighted by Crippen LogP contribution is -2.38. The number of alkyl halides is 2. The zero-order valence-corrected chi connectivity index (χ0v) is 11.4. The second-order valence-electron chi connectivity index (χ2n) is 3.99. The van der Waals surface area contributed by atoms with Gasteiger partial charge in [-0.25, -0.2) is 17.3 Å². The minimum atomic E-state index is -2.39. The molecule has 98 valence electrons. The number of nitrogens with zero attached hydrogens (tertiary/aromatic N) is 1. The maximum Gasteiger partial charge on any atom is 0.252 e. The molecule has 1 fully saturated rings. The van der Waals surface area contributed by atoms with Gasteiger partial charge in [0.1, 0.15) is 0 Å². The molecule has 0 spiro atoms. The molecule has 1 aliphatic rings. The first kappa shape index (κ1) is 16.0. The zero-order valence-electron chi connectivity index (χ0n) is 10.6. The summed E-state index contributed by atoms with van der Waals surface area (Å²) in [6, 6.07) is 0.0878. The minimum absolute atomic E-state index is 0.0878. The fourth-order valence-electron chi connectivity index (χ4n) is 2.04. The van der Waals surface area contributed by atoms with E-state index in [0.717, 1.165) is 19.3 Å². The number of rotatable bonds is 4. The molecular weight excluding hydrogens is 232 g/mol. The van der Waals surface area contributed by atoms with Crippen molar-refractivity contribution in [1.29, 1.82) is 0 Å². The molecule has 0 radical (unpaired) electrons. The first-order chi connectivity index (χ1) is 7.50. The van der Waals surface area contributed by atoms with Gasteiger partial charge in [0.2, 0.25) is 0 Å². The van der Waals surface area contributed by atoms with Crippen LogP contribution >= 0.6 is 0 Å². The van der Waals surface area contributed by atoms with Gasteiger partial charge in [-0.05, 0) is 25.2 Å². The van der Waals surface area contributed by atoms with Crippen molar-refractivity contribution >= 4 is 11.0 Å². The highest BCUT2D eigenvalue weighted by atomic mass is 32.2. The van der Waals surface area contributed by atoms with Gasteiger partial charge in [0.25, 0.3) is 6.43 Å². The highest BCUT2D eigenvalue weighted by Gasteiger charge is 2.30. The molecule has 1 rings (SSSR count). The predicted octanol–water partition coefficient (Wildman–Crippen LogP) is 3.06. The lowest BCUT2D eigenvalue weighted by molar-refractivity contribution is 0.109. The van der Waals surface area contributed by atoms with E-state index in [4.69, 9.17) is 0 Å². The van der Waals surface area contributed by atoms with Crippen LogP contribution in [0.25, 0.3) is 0 Å². The van der Waals surface area contributed by atoms with Gasteiger partial charge >= 0.3 is 0 Å². The largest absolute Gasteiger partial charge is 0.252 e. The maximum atomic E-state index is 12.2. The molecule has 1 saturated carbocycles. The maximum absolute atomic E-state index is 12.2. The van der Waals surface area contributed by atoms with Crippen molar-refractivity contribution in [3.63, 3.8) is 0 Å². The van der Waals surface area contributed by atoms with Gasteiger partial charge in [0, 0.05) is 12.3 Å². The van der Waals surface area contributed by atoms with Gasteiger partial charge in [-0.1, -0.05) is 20.8 Å². The van der Waals surface area contributed by atoms with E-state index in [1.165, 1.54) is 10.6 Å². The summed E-state index contributed by atoms with van der Waals surface area (Å²) in [6.45, 7) is 5.75. The second kappa shape index (κ2) is 8.12. The quantitative estimate of drug-likeness (QED) is 0.756. The lowest BCUT2D eigenvalue weighted by Gasteiger charge is -2.25. The third-order valence-electron chi connectivity index (χ3n) is 2.72. The minimum Gasteiger partial charge on any atom is -0.243 e. The molecule has 0 aliphatic heterocycles. The Bertz CT molecular complexity index is 214. The Balaban J connectivity index is 0.00000106. The van der Waals surface area contributed by atoms with Crippen molar-refractivity contribution in [2.24, 2.45) is 5.92 Å². The van der Waals surface area contributed by atoms with Crippen LogP contribution in [0.1, 0.15) is 40.0 Å². The Morgan fingerprint density at radius 2 is 1.94 bits per heavy atom. The standard InChI is InChI=1S/C9H17F2NOS.C2H6/c1-7-3-4-8(5-7)12(14(2)13)6-9(10)11;1-2/h7-9H,3-6H2,1-2H3;1-2H3. The third-order valence-corrected chi connectivity index (χ3v) is 3.83. The molecular formula is C11H23F2NOS. The van der Waals surface area contributed by atoms with Crippen LogP contribution in [0.3, 0.4) is 0 Å². The van der Waals surface area contributed by atoms with Gasteiger partial charge in [-0.3, -0.25) is 0 Å². The molecule has 0 N–H and O–H groups in total. The Kier molecular flexibility index (Phi) is 8.10. The fraction of sp³-hybridized carbons (Fsp3) is 1.00. The summed E-state index contributed by atoms with van der Waals surface area (Å²) in [7, 11) is -1.28. The molecule has 0 heterocycles. The van der Waals surface area contributed by atoms with Crippen LogP contribution in [-0.2, 0) is 11.0 Å². The topological polar surface area (TPSA) is 20.3 Å². The number of halogens is 2. The molecule has 3 atom stereocenters. The van der Waals surface area contributed by atoms with Crippen molar-refractivity contribution in [3.05, 3.63) is 0 Å². The Hall–Kier alpha value is -0.0300. The van der Waals surface area contributed by atoms with Crippen LogP contribution in [0.5, 0.6) is 0 Å². The molecule has 0 saturated heterocycles. The van der Waals surface area contributed by atoms with E-state index in [1.54, 1.807) is 0 Å². The average Bonchev–Trinajstić information content (AvgIpc) is 2.63. The summed E-state index contributed by atoms with van der Waals surface area (Å²) in [5, 5.41) is 0. The van der Waals surface area contributed by atoms with Crippen molar-refractivity contribution in [1.82, 2.24) is 4.31 Å². The highest BCUT2D eigenvalue weighted by Crippen LogP contribution is 2.29. The molecule has 16 heavy (non-hydrogen) atoms. The average molecular weight is 255 g/mol. The van der Waals surface area contributed by atoms with Crippen molar-refractivity contribution in [2.45, 2.75) is 52.5 Å². The predicted molar refractivity (Wildman–Crippen MR) is 64.9 cm³/mol. The van der Waals surface area contributed by atoms with E-state index in [1.807, 2.05) is 13.8 Å². The lowest BCUT2D eigenvalue weighted by atomic mass is 10.1. The molecule has 0 aromatic rings. The van der Waals surface area contributed by atoms with E-state index in [2.05, 4.69) is 6.92 Å². The van der Waals surface area contributed by atoms with Gasteiger partial charge < -0.3 is 0 Å². The van der Waals surface area contributed by atoms with Gasteiger partial charge in [0.15, 0.2) is 0 Å². The van der Waals surface area contributed by atoms with E-state index in [0.29, 0.717) is 5.92 Å². The smallest absolute Gasteiger partial charge is 0.243 e. The summed E-state index contributed by atoms with van der Waals surface area (Å²) in [4.78, 5) is 0. The van der Waals surface area contributed by atoms with Crippen LogP contribution in [0.4, 0.5) is 8.78 Å². The summed E-state index contributed by atoms with van der Waals surface area (Å²) in [5.74, 6) is 0.573. The first-order valence-electron chi connectivity index (χ1n) is 5.89. The fourth-order valence-corrected chi connectivity index (χ4v) is 2.97.